The maximum absolute atomic E-state index is 13.0. The Bertz CT molecular complexity index is 974. The number of ether oxygens (including phenoxy) is 1. The zero-order valence-electron chi connectivity index (χ0n) is 16.0. The van der Waals surface area contributed by atoms with E-state index in [0.717, 1.165) is 16.7 Å². The zero-order chi connectivity index (χ0) is 20.3. The summed E-state index contributed by atoms with van der Waals surface area (Å²) in [5, 5.41) is 0.579. The molecule has 1 aliphatic rings. The van der Waals surface area contributed by atoms with Crippen LogP contribution in [0.2, 0.25) is 5.02 Å². The summed E-state index contributed by atoms with van der Waals surface area (Å²) < 4.78 is 29.7. The molecule has 28 heavy (non-hydrogen) atoms. The number of amides is 1. The second kappa shape index (κ2) is 8.53. The lowest BCUT2D eigenvalue weighted by atomic mass is 10.1. The first kappa shape index (κ1) is 20.7. The van der Waals surface area contributed by atoms with E-state index in [2.05, 4.69) is 0 Å². The van der Waals surface area contributed by atoms with E-state index in [0.29, 0.717) is 23.7 Å². The normalized spacial score (nSPS) is 18.0. The van der Waals surface area contributed by atoms with Gasteiger partial charge in [-0.15, -0.1) is 0 Å². The molecule has 1 amide bonds. The number of carbonyl (C=O) groups excluding carboxylic acids is 1. The average molecular weight is 422 g/mol. The molecule has 0 radical (unpaired) electrons. The van der Waals surface area contributed by atoms with E-state index in [1.165, 1.54) is 0 Å². The maximum atomic E-state index is 13.0. The molecule has 1 aliphatic heterocycles. The molecule has 150 valence electrons. The lowest BCUT2D eigenvalue weighted by molar-refractivity contribution is -0.136. The van der Waals surface area contributed by atoms with Crippen LogP contribution in [-0.2, 0) is 21.2 Å². The van der Waals surface area contributed by atoms with Gasteiger partial charge in [-0.25, -0.2) is 8.42 Å². The van der Waals surface area contributed by atoms with Gasteiger partial charge in [-0.2, -0.15) is 0 Å². The number of aryl methyl sites for hydroxylation is 1. The number of carbonyl (C=O) groups is 1. The molecule has 0 bridgehead atoms. The molecule has 1 saturated heterocycles. The molecule has 1 fully saturated rings. The van der Waals surface area contributed by atoms with Crippen LogP contribution in [0.3, 0.4) is 0 Å². The van der Waals surface area contributed by atoms with Crippen molar-refractivity contribution in [3.05, 3.63) is 64.2 Å². The highest BCUT2D eigenvalue weighted by atomic mass is 35.5. The van der Waals surface area contributed by atoms with Gasteiger partial charge in [0.05, 0.1) is 11.5 Å². The Morgan fingerprint density at radius 1 is 1.21 bits per heavy atom. The van der Waals surface area contributed by atoms with E-state index >= 15 is 0 Å². The van der Waals surface area contributed by atoms with Crippen molar-refractivity contribution in [2.45, 2.75) is 32.9 Å². The fourth-order valence-corrected chi connectivity index (χ4v) is 5.32. The molecule has 2 aromatic rings. The van der Waals surface area contributed by atoms with E-state index in [-0.39, 0.29) is 30.1 Å². The maximum Gasteiger partial charge on any atom is 0.261 e. The largest absolute Gasteiger partial charge is 0.483 e. The Balaban J connectivity index is 1.77. The van der Waals surface area contributed by atoms with E-state index in [1.54, 1.807) is 17.0 Å². The molecule has 0 saturated carbocycles. The topological polar surface area (TPSA) is 63.7 Å². The quantitative estimate of drug-likeness (QED) is 0.715. The van der Waals surface area contributed by atoms with Crippen LogP contribution in [-0.4, -0.2) is 43.4 Å². The van der Waals surface area contributed by atoms with Crippen LogP contribution in [0.1, 0.15) is 23.1 Å². The van der Waals surface area contributed by atoms with Gasteiger partial charge in [0.25, 0.3) is 5.91 Å². The van der Waals surface area contributed by atoms with Gasteiger partial charge < -0.3 is 9.64 Å². The Morgan fingerprint density at radius 2 is 1.96 bits per heavy atom. The summed E-state index contributed by atoms with van der Waals surface area (Å²) >= 11 is 6.06. The van der Waals surface area contributed by atoms with Gasteiger partial charge in [0.1, 0.15) is 5.75 Å². The second-order valence-corrected chi connectivity index (χ2v) is 9.86. The molecule has 1 atom stereocenters. The van der Waals surface area contributed by atoms with Gasteiger partial charge in [0, 0.05) is 17.6 Å². The lowest BCUT2D eigenvalue weighted by Crippen LogP contribution is -2.43. The van der Waals surface area contributed by atoms with Gasteiger partial charge in [0.15, 0.2) is 16.4 Å². The van der Waals surface area contributed by atoms with Gasteiger partial charge in [-0.3, -0.25) is 4.79 Å². The number of benzene rings is 2. The number of sulfone groups is 1. The fourth-order valence-electron chi connectivity index (χ4n) is 3.38. The molecule has 1 heterocycles. The van der Waals surface area contributed by atoms with E-state index in [9.17, 15) is 13.2 Å². The summed E-state index contributed by atoms with van der Waals surface area (Å²) in [5.41, 5.74) is 2.93. The smallest absolute Gasteiger partial charge is 0.261 e. The number of rotatable bonds is 6. The third-order valence-corrected chi connectivity index (χ3v) is 7.10. The summed E-state index contributed by atoms with van der Waals surface area (Å²) in [7, 11) is -3.11. The van der Waals surface area contributed by atoms with Gasteiger partial charge in [-0.05, 0) is 55.2 Å². The van der Waals surface area contributed by atoms with Crippen LogP contribution in [0.4, 0.5) is 0 Å². The Hall–Kier alpha value is -2.05. The molecular formula is C21H24ClNO4S. The number of nitrogens with zero attached hydrogens (tertiary/aromatic N) is 1. The first-order valence-corrected chi connectivity index (χ1v) is 11.4. The number of hydrogen-bond donors (Lipinski definition) is 0. The summed E-state index contributed by atoms with van der Waals surface area (Å²) in [6, 6.07) is 12.6. The van der Waals surface area contributed by atoms with Crippen molar-refractivity contribution in [1.29, 1.82) is 0 Å². The predicted octanol–water partition coefficient (Wildman–Crippen LogP) is 3.55. The highest BCUT2D eigenvalue weighted by Crippen LogP contribution is 2.23. The van der Waals surface area contributed by atoms with Crippen molar-refractivity contribution >= 4 is 27.3 Å². The second-order valence-electron chi connectivity index (χ2n) is 7.20. The Kier molecular flexibility index (Phi) is 6.30. The van der Waals surface area contributed by atoms with Crippen LogP contribution >= 0.6 is 11.6 Å². The lowest BCUT2D eigenvalue weighted by Gasteiger charge is -2.28. The van der Waals surface area contributed by atoms with Crippen molar-refractivity contribution in [3.63, 3.8) is 0 Å². The molecule has 0 spiro atoms. The molecule has 0 aromatic heterocycles. The predicted molar refractivity (Wildman–Crippen MR) is 110 cm³/mol. The van der Waals surface area contributed by atoms with Crippen LogP contribution in [0, 0.1) is 13.8 Å². The average Bonchev–Trinajstić information content (AvgIpc) is 3.00. The SMILES string of the molecule is Cc1cccc(OCC(=O)N(Cc2cccc(Cl)c2)C2CCS(=O)(=O)C2)c1C. The minimum atomic E-state index is -3.11. The summed E-state index contributed by atoms with van der Waals surface area (Å²) in [6.07, 6.45) is 0.443. The van der Waals surface area contributed by atoms with Gasteiger partial charge >= 0.3 is 0 Å². The summed E-state index contributed by atoms with van der Waals surface area (Å²) in [5.74, 6) is 0.524. The summed E-state index contributed by atoms with van der Waals surface area (Å²) in [4.78, 5) is 14.6. The fraction of sp³-hybridized carbons (Fsp3) is 0.381. The van der Waals surface area contributed by atoms with Crippen molar-refractivity contribution in [1.82, 2.24) is 4.90 Å². The van der Waals surface area contributed by atoms with Gasteiger partial charge in [0.2, 0.25) is 0 Å². The molecular weight excluding hydrogens is 398 g/mol. The molecule has 0 aliphatic carbocycles. The van der Waals surface area contributed by atoms with E-state index in [4.69, 9.17) is 16.3 Å². The first-order chi connectivity index (χ1) is 13.2. The standard InChI is InChI=1S/C21H24ClNO4S/c1-15-5-3-8-20(16(15)2)27-13-21(24)23(19-9-10-28(25,26)14-19)12-17-6-4-7-18(22)11-17/h3-8,11,19H,9-10,12-14H2,1-2H3. The van der Waals surface area contributed by atoms with Crippen molar-refractivity contribution < 1.29 is 17.9 Å². The van der Waals surface area contributed by atoms with Crippen LogP contribution < -0.4 is 4.74 Å². The van der Waals surface area contributed by atoms with Crippen molar-refractivity contribution in [3.8, 4) is 5.75 Å². The molecule has 2 aromatic carbocycles. The monoisotopic (exact) mass is 421 g/mol. The minimum absolute atomic E-state index is 0.0111. The minimum Gasteiger partial charge on any atom is -0.483 e. The van der Waals surface area contributed by atoms with Gasteiger partial charge in [-0.1, -0.05) is 35.9 Å². The molecule has 3 rings (SSSR count). The van der Waals surface area contributed by atoms with Crippen LogP contribution in [0.5, 0.6) is 5.75 Å². The summed E-state index contributed by atoms with van der Waals surface area (Å²) in [6.45, 7) is 4.10. The first-order valence-electron chi connectivity index (χ1n) is 9.18. The molecule has 1 unspecified atom stereocenters. The molecule has 7 heteroatoms. The highest BCUT2D eigenvalue weighted by molar-refractivity contribution is 7.91. The van der Waals surface area contributed by atoms with Crippen molar-refractivity contribution in [2.24, 2.45) is 0 Å². The number of halogens is 1. The number of hydrogen-bond acceptors (Lipinski definition) is 4. The Morgan fingerprint density at radius 3 is 2.64 bits per heavy atom. The third-order valence-electron chi connectivity index (χ3n) is 5.12. The zero-order valence-corrected chi connectivity index (χ0v) is 17.6. The van der Waals surface area contributed by atoms with E-state index < -0.39 is 9.84 Å². The van der Waals surface area contributed by atoms with Crippen LogP contribution in [0.25, 0.3) is 0 Å². The molecule has 0 N–H and O–H groups in total. The third kappa shape index (κ3) is 5.06. The Labute approximate surface area is 171 Å². The highest BCUT2D eigenvalue weighted by Gasteiger charge is 2.34. The van der Waals surface area contributed by atoms with Crippen LogP contribution in [0.15, 0.2) is 42.5 Å². The van der Waals surface area contributed by atoms with Crippen molar-refractivity contribution in [2.75, 3.05) is 18.1 Å². The molecule has 5 nitrogen and oxygen atoms in total. The van der Waals surface area contributed by atoms with E-state index in [1.807, 2.05) is 44.2 Å².